The molecule has 2 aliphatic rings. The minimum Gasteiger partial charge on any atom is -0.337 e. The van der Waals surface area contributed by atoms with Gasteiger partial charge in [-0.3, -0.25) is 9.69 Å². The molecule has 0 aliphatic carbocycles. The Morgan fingerprint density at radius 1 is 1.04 bits per heavy atom. The van der Waals surface area contributed by atoms with Gasteiger partial charge in [0, 0.05) is 39.3 Å². The van der Waals surface area contributed by atoms with E-state index in [1.807, 2.05) is 35.2 Å². The molecule has 2 aliphatic heterocycles. The van der Waals surface area contributed by atoms with Crippen LogP contribution in [0.4, 0.5) is 0 Å². The number of amides is 1. The third kappa shape index (κ3) is 3.96. The summed E-state index contributed by atoms with van der Waals surface area (Å²) in [6.07, 6.45) is 3.11. The Kier molecular flexibility index (Phi) is 5.22. The first-order valence-corrected chi connectivity index (χ1v) is 10.3. The van der Waals surface area contributed by atoms with Crippen LogP contribution < -0.4 is 0 Å². The molecule has 0 spiro atoms. The molecule has 2 heterocycles. The van der Waals surface area contributed by atoms with Crippen LogP contribution in [0.2, 0.25) is 0 Å². The molecule has 0 saturated carbocycles. The largest absolute Gasteiger partial charge is 0.337 e. The maximum Gasteiger partial charge on any atom is 0.240 e. The quantitative estimate of drug-likeness (QED) is 0.803. The van der Waals surface area contributed by atoms with Crippen molar-refractivity contribution in [1.29, 1.82) is 0 Å². The van der Waals surface area contributed by atoms with Crippen LogP contribution in [0.3, 0.4) is 0 Å². The Bertz CT molecular complexity index is 670. The van der Waals surface area contributed by atoms with Gasteiger partial charge in [-0.1, -0.05) is 30.3 Å². The number of nitrogens with zero attached hydrogens (tertiary/aromatic N) is 3. The number of carbonyl (C=O) groups excluding carboxylic acids is 1. The maximum absolute atomic E-state index is 12.9. The highest BCUT2D eigenvalue weighted by Crippen LogP contribution is 2.21. The molecule has 1 aromatic rings. The van der Waals surface area contributed by atoms with Gasteiger partial charge in [0.15, 0.2) is 0 Å². The van der Waals surface area contributed by atoms with E-state index in [1.54, 1.807) is 0 Å². The lowest BCUT2D eigenvalue weighted by molar-refractivity contribution is -0.141. The summed E-state index contributed by atoms with van der Waals surface area (Å²) < 4.78 is 24.7. The molecule has 0 N–H and O–H groups in total. The van der Waals surface area contributed by atoms with E-state index >= 15 is 0 Å². The lowest BCUT2D eigenvalue weighted by atomic mass is 10.0. The number of piperidine rings is 1. The van der Waals surface area contributed by atoms with Crippen molar-refractivity contribution < 1.29 is 13.2 Å². The normalized spacial score (nSPS) is 24.3. The van der Waals surface area contributed by atoms with Gasteiger partial charge in [-0.25, -0.2) is 8.42 Å². The molecule has 1 amide bonds. The minimum atomic E-state index is -3.13. The second-order valence-corrected chi connectivity index (χ2v) is 8.58. The van der Waals surface area contributed by atoms with E-state index in [2.05, 4.69) is 4.90 Å². The van der Waals surface area contributed by atoms with Gasteiger partial charge < -0.3 is 4.90 Å². The average Bonchev–Trinajstić information content (AvgIpc) is 2.57. The highest BCUT2D eigenvalue weighted by atomic mass is 32.2. The Hall–Kier alpha value is -1.44. The molecular weight excluding hydrogens is 326 g/mol. The SMILES string of the molecule is CS(=O)(=O)N1CCN([C@@H]2CCCN(Cc3ccccc3)C2=O)CC1. The van der Waals surface area contributed by atoms with Gasteiger partial charge in [-0.15, -0.1) is 0 Å². The molecule has 1 atom stereocenters. The van der Waals surface area contributed by atoms with Gasteiger partial charge in [0.2, 0.25) is 15.9 Å². The van der Waals surface area contributed by atoms with Crippen molar-refractivity contribution >= 4 is 15.9 Å². The number of carbonyl (C=O) groups is 1. The molecule has 3 rings (SSSR count). The molecule has 0 aromatic heterocycles. The summed E-state index contributed by atoms with van der Waals surface area (Å²) in [4.78, 5) is 17.0. The molecule has 7 heteroatoms. The Labute approximate surface area is 144 Å². The van der Waals surface area contributed by atoms with Crippen LogP contribution in [0.5, 0.6) is 0 Å². The van der Waals surface area contributed by atoms with Crippen LogP contribution in [-0.4, -0.2) is 73.5 Å². The van der Waals surface area contributed by atoms with Crippen molar-refractivity contribution in [2.45, 2.75) is 25.4 Å². The fourth-order valence-electron chi connectivity index (χ4n) is 3.57. The van der Waals surface area contributed by atoms with E-state index in [9.17, 15) is 13.2 Å². The number of rotatable bonds is 4. The lowest BCUT2D eigenvalue weighted by Gasteiger charge is -2.42. The fourth-order valence-corrected chi connectivity index (χ4v) is 4.39. The molecule has 6 nitrogen and oxygen atoms in total. The van der Waals surface area contributed by atoms with Crippen LogP contribution in [0.25, 0.3) is 0 Å². The molecule has 2 fully saturated rings. The number of hydrogen-bond acceptors (Lipinski definition) is 4. The highest BCUT2D eigenvalue weighted by Gasteiger charge is 2.35. The van der Waals surface area contributed by atoms with Crippen LogP contribution in [-0.2, 0) is 21.4 Å². The van der Waals surface area contributed by atoms with Crippen molar-refractivity contribution in [1.82, 2.24) is 14.1 Å². The zero-order chi connectivity index (χ0) is 17.2. The predicted molar refractivity (Wildman–Crippen MR) is 92.9 cm³/mol. The van der Waals surface area contributed by atoms with Crippen LogP contribution in [0.15, 0.2) is 30.3 Å². The minimum absolute atomic E-state index is 0.107. The Balaban J connectivity index is 1.61. The molecule has 2 saturated heterocycles. The number of sulfonamides is 1. The topological polar surface area (TPSA) is 60.9 Å². The van der Waals surface area contributed by atoms with Gasteiger partial charge in [-0.05, 0) is 18.4 Å². The summed E-state index contributed by atoms with van der Waals surface area (Å²) in [5, 5.41) is 0. The van der Waals surface area contributed by atoms with Gasteiger partial charge in [0.05, 0.1) is 12.3 Å². The first-order valence-electron chi connectivity index (χ1n) is 8.47. The smallest absolute Gasteiger partial charge is 0.240 e. The summed E-state index contributed by atoms with van der Waals surface area (Å²) in [6, 6.07) is 9.94. The first kappa shape index (κ1) is 17.4. The van der Waals surface area contributed by atoms with E-state index in [0.717, 1.165) is 24.9 Å². The third-order valence-corrected chi connectivity index (χ3v) is 6.20. The fraction of sp³-hybridized carbons (Fsp3) is 0.588. The van der Waals surface area contributed by atoms with Gasteiger partial charge in [0.1, 0.15) is 0 Å². The van der Waals surface area contributed by atoms with E-state index in [-0.39, 0.29) is 11.9 Å². The van der Waals surface area contributed by atoms with E-state index in [1.165, 1.54) is 10.6 Å². The van der Waals surface area contributed by atoms with Crippen molar-refractivity contribution in [2.24, 2.45) is 0 Å². The third-order valence-electron chi connectivity index (χ3n) is 4.90. The van der Waals surface area contributed by atoms with Crippen molar-refractivity contribution in [3.63, 3.8) is 0 Å². The Morgan fingerprint density at radius 3 is 2.33 bits per heavy atom. The maximum atomic E-state index is 12.9. The standard InChI is InChI=1S/C17H25N3O3S/c1-24(22,23)20-12-10-18(11-13-20)16-8-5-9-19(17(16)21)14-15-6-3-2-4-7-15/h2-4,6-7,16H,5,8-14H2,1H3/t16-/m1/s1. The highest BCUT2D eigenvalue weighted by molar-refractivity contribution is 7.88. The van der Waals surface area contributed by atoms with E-state index < -0.39 is 10.0 Å². The van der Waals surface area contributed by atoms with Crippen molar-refractivity contribution in [2.75, 3.05) is 39.0 Å². The molecule has 0 unspecified atom stereocenters. The number of benzene rings is 1. The van der Waals surface area contributed by atoms with Crippen molar-refractivity contribution in [3.8, 4) is 0 Å². The summed E-state index contributed by atoms with van der Waals surface area (Å²) in [5.74, 6) is 0.179. The van der Waals surface area contributed by atoms with Crippen LogP contribution >= 0.6 is 0 Å². The van der Waals surface area contributed by atoms with Crippen LogP contribution in [0, 0.1) is 0 Å². The Morgan fingerprint density at radius 2 is 1.71 bits per heavy atom. The second kappa shape index (κ2) is 7.21. The molecule has 24 heavy (non-hydrogen) atoms. The second-order valence-electron chi connectivity index (χ2n) is 6.60. The van der Waals surface area contributed by atoms with Crippen molar-refractivity contribution in [3.05, 3.63) is 35.9 Å². The number of likely N-dealkylation sites (tertiary alicyclic amines) is 1. The lowest BCUT2D eigenvalue weighted by Crippen LogP contribution is -2.58. The summed E-state index contributed by atoms with van der Waals surface area (Å²) in [6.45, 7) is 3.65. The summed E-state index contributed by atoms with van der Waals surface area (Å²) in [5.41, 5.74) is 1.15. The molecule has 0 bridgehead atoms. The predicted octanol–water partition coefficient (Wildman–Crippen LogP) is 0.755. The van der Waals surface area contributed by atoms with Crippen LogP contribution in [0.1, 0.15) is 18.4 Å². The van der Waals surface area contributed by atoms with Gasteiger partial charge in [-0.2, -0.15) is 4.31 Å². The molecule has 132 valence electrons. The molecule has 1 aromatic carbocycles. The zero-order valence-corrected chi connectivity index (χ0v) is 14.9. The first-order chi connectivity index (χ1) is 11.4. The average molecular weight is 351 g/mol. The number of hydrogen-bond donors (Lipinski definition) is 0. The number of piperazine rings is 1. The molecular formula is C17H25N3O3S. The monoisotopic (exact) mass is 351 g/mol. The summed E-state index contributed by atoms with van der Waals surface area (Å²) in [7, 11) is -3.13. The zero-order valence-electron chi connectivity index (χ0n) is 14.1. The van der Waals surface area contributed by atoms with E-state index in [4.69, 9.17) is 0 Å². The molecule has 0 radical (unpaired) electrons. The summed E-state index contributed by atoms with van der Waals surface area (Å²) >= 11 is 0. The van der Waals surface area contributed by atoms with E-state index in [0.29, 0.717) is 32.7 Å². The van der Waals surface area contributed by atoms with Gasteiger partial charge >= 0.3 is 0 Å². The van der Waals surface area contributed by atoms with Gasteiger partial charge in [0.25, 0.3) is 0 Å².